The minimum atomic E-state index is 1.05. The van der Waals surface area contributed by atoms with Crippen molar-refractivity contribution in [2.24, 2.45) is 0 Å². The summed E-state index contributed by atoms with van der Waals surface area (Å²) in [6.07, 6.45) is 8.56. The molecule has 0 aromatic heterocycles. The summed E-state index contributed by atoms with van der Waals surface area (Å²) in [6, 6.07) is 42.4. The van der Waals surface area contributed by atoms with Crippen LogP contribution in [-0.4, -0.2) is 0 Å². The summed E-state index contributed by atoms with van der Waals surface area (Å²) in [5.74, 6) is 0. The first kappa shape index (κ1) is 26.0. The van der Waals surface area contributed by atoms with Gasteiger partial charge in [0, 0.05) is 26.0 Å². The fraction of sp³-hybridized carbons (Fsp3) is 0.0286. The molecule has 5 rings (SSSR count). The van der Waals surface area contributed by atoms with E-state index in [0.717, 1.165) is 42.7 Å². The third-order valence-corrected chi connectivity index (χ3v) is 7.66. The van der Waals surface area contributed by atoms with E-state index in [1.807, 2.05) is 12.1 Å². The Labute approximate surface area is 242 Å². The van der Waals surface area contributed by atoms with Crippen LogP contribution in [-0.2, 0) is 0 Å². The molecule has 38 heavy (non-hydrogen) atoms. The highest BCUT2D eigenvalue weighted by Gasteiger charge is 2.11. The van der Waals surface area contributed by atoms with Gasteiger partial charge in [0.25, 0.3) is 0 Å². The fourth-order valence-corrected chi connectivity index (χ4v) is 5.20. The van der Waals surface area contributed by atoms with Crippen molar-refractivity contribution in [2.45, 2.75) is 6.92 Å². The van der Waals surface area contributed by atoms with Gasteiger partial charge in [-0.05, 0) is 77.7 Å². The Hall–Kier alpha value is -3.66. The lowest BCUT2D eigenvalue weighted by atomic mass is 10.1. The van der Waals surface area contributed by atoms with Gasteiger partial charge in [0.15, 0.2) is 0 Å². The number of hydrogen-bond acceptors (Lipinski definition) is 1. The molecule has 5 aromatic rings. The number of aryl methyl sites for hydroxylation is 1. The summed E-state index contributed by atoms with van der Waals surface area (Å²) < 4.78 is 2.11. The molecule has 0 saturated carbocycles. The number of para-hydroxylation sites is 2. The molecule has 0 aliphatic rings. The lowest BCUT2D eigenvalue weighted by molar-refractivity contribution is 1.28. The van der Waals surface area contributed by atoms with E-state index in [9.17, 15) is 0 Å². The molecule has 0 amide bonds. The SMILES string of the molecule is Cc1ccc(/C=C/c2cc(Br)c(/C=C/c3ccc(N(c4ccccc4)c4ccccc4)cc3)cc2Br)cc1. The van der Waals surface area contributed by atoms with E-state index in [-0.39, 0.29) is 0 Å². The third-order valence-electron chi connectivity index (χ3n) is 6.28. The average molecular weight is 621 g/mol. The molecular formula is C35H27Br2N. The van der Waals surface area contributed by atoms with Gasteiger partial charge in [0.1, 0.15) is 0 Å². The molecule has 0 aliphatic heterocycles. The number of halogens is 2. The van der Waals surface area contributed by atoms with Crippen LogP contribution in [0.2, 0.25) is 0 Å². The summed E-state index contributed by atoms with van der Waals surface area (Å²) in [4.78, 5) is 2.27. The first-order chi connectivity index (χ1) is 18.6. The normalized spacial score (nSPS) is 11.3. The van der Waals surface area contributed by atoms with E-state index < -0.39 is 0 Å². The largest absolute Gasteiger partial charge is 0.311 e. The molecule has 0 N–H and O–H groups in total. The zero-order chi connectivity index (χ0) is 26.3. The first-order valence-electron chi connectivity index (χ1n) is 12.5. The van der Waals surface area contributed by atoms with Crippen LogP contribution >= 0.6 is 31.9 Å². The number of hydrogen-bond donors (Lipinski definition) is 0. The van der Waals surface area contributed by atoms with Crippen LogP contribution in [0, 0.1) is 6.92 Å². The zero-order valence-corrected chi connectivity index (χ0v) is 24.2. The van der Waals surface area contributed by atoms with Crippen LogP contribution in [0.25, 0.3) is 24.3 Å². The smallest absolute Gasteiger partial charge is 0.0462 e. The number of nitrogens with zero attached hydrogens (tertiary/aromatic N) is 1. The Morgan fingerprint density at radius 1 is 0.474 bits per heavy atom. The zero-order valence-electron chi connectivity index (χ0n) is 21.1. The minimum Gasteiger partial charge on any atom is -0.311 e. The van der Waals surface area contributed by atoms with Gasteiger partial charge in [0.05, 0.1) is 0 Å². The van der Waals surface area contributed by atoms with Crippen molar-refractivity contribution in [3.8, 4) is 0 Å². The summed E-state index contributed by atoms with van der Waals surface area (Å²) in [7, 11) is 0. The lowest BCUT2D eigenvalue weighted by Gasteiger charge is -2.25. The maximum absolute atomic E-state index is 3.76. The van der Waals surface area contributed by atoms with Crippen molar-refractivity contribution in [1.82, 2.24) is 0 Å². The predicted octanol–water partition coefficient (Wildman–Crippen LogP) is 11.3. The molecule has 5 aromatic carbocycles. The Balaban J connectivity index is 1.35. The lowest BCUT2D eigenvalue weighted by Crippen LogP contribution is -2.09. The summed E-state index contributed by atoms with van der Waals surface area (Å²) >= 11 is 7.51. The second-order valence-corrected chi connectivity index (χ2v) is 10.8. The van der Waals surface area contributed by atoms with Crippen molar-refractivity contribution in [1.29, 1.82) is 0 Å². The molecule has 1 nitrogen and oxygen atoms in total. The van der Waals surface area contributed by atoms with E-state index in [2.05, 4.69) is 177 Å². The first-order valence-corrected chi connectivity index (χ1v) is 14.1. The average Bonchev–Trinajstić information content (AvgIpc) is 2.95. The van der Waals surface area contributed by atoms with E-state index >= 15 is 0 Å². The maximum atomic E-state index is 3.76. The van der Waals surface area contributed by atoms with Crippen LogP contribution in [0.1, 0.15) is 27.8 Å². The molecule has 0 radical (unpaired) electrons. The molecule has 0 saturated heterocycles. The topological polar surface area (TPSA) is 3.24 Å². The number of anilines is 3. The Bertz CT molecular complexity index is 1510. The van der Waals surface area contributed by atoms with Gasteiger partial charge in [-0.3, -0.25) is 0 Å². The van der Waals surface area contributed by atoms with Crippen molar-refractivity contribution in [3.63, 3.8) is 0 Å². The molecular weight excluding hydrogens is 594 g/mol. The van der Waals surface area contributed by atoms with E-state index in [1.165, 1.54) is 11.1 Å². The highest BCUT2D eigenvalue weighted by atomic mass is 79.9. The Kier molecular flexibility index (Phi) is 8.37. The highest BCUT2D eigenvalue weighted by molar-refractivity contribution is 9.11. The number of rotatable bonds is 7. The van der Waals surface area contributed by atoms with Crippen LogP contribution in [0.4, 0.5) is 17.1 Å². The van der Waals surface area contributed by atoms with Crippen molar-refractivity contribution < 1.29 is 0 Å². The molecule has 0 spiro atoms. The van der Waals surface area contributed by atoms with E-state index in [1.54, 1.807) is 0 Å². The quantitative estimate of drug-likeness (QED) is 0.164. The van der Waals surface area contributed by atoms with Crippen LogP contribution in [0.5, 0.6) is 0 Å². The molecule has 0 aliphatic carbocycles. The van der Waals surface area contributed by atoms with Crippen LogP contribution in [0.15, 0.2) is 130 Å². The molecule has 3 heteroatoms. The number of benzene rings is 5. The van der Waals surface area contributed by atoms with Crippen LogP contribution in [0.3, 0.4) is 0 Å². The van der Waals surface area contributed by atoms with Gasteiger partial charge < -0.3 is 4.90 Å². The van der Waals surface area contributed by atoms with Gasteiger partial charge in [0.2, 0.25) is 0 Å². The van der Waals surface area contributed by atoms with Crippen molar-refractivity contribution in [2.75, 3.05) is 4.90 Å². The fourth-order valence-electron chi connectivity index (χ4n) is 4.22. The van der Waals surface area contributed by atoms with Crippen molar-refractivity contribution in [3.05, 3.63) is 158 Å². The molecule has 186 valence electrons. The monoisotopic (exact) mass is 619 g/mol. The second kappa shape index (κ2) is 12.3. The second-order valence-electron chi connectivity index (χ2n) is 9.07. The van der Waals surface area contributed by atoms with Gasteiger partial charge in [-0.2, -0.15) is 0 Å². The third kappa shape index (κ3) is 6.42. The van der Waals surface area contributed by atoms with Gasteiger partial charge in [-0.15, -0.1) is 0 Å². The van der Waals surface area contributed by atoms with Gasteiger partial charge in [-0.1, -0.05) is 135 Å². The van der Waals surface area contributed by atoms with Gasteiger partial charge >= 0.3 is 0 Å². The molecule has 0 bridgehead atoms. The van der Waals surface area contributed by atoms with E-state index in [0.29, 0.717) is 0 Å². The minimum absolute atomic E-state index is 1.05. The molecule has 0 heterocycles. The molecule has 0 atom stereocenters. The Morgan fingerprint density at radius 2 is 0.868 bits per heavy atom. The summed E-state index contributed by atoms with van der Waals surface area (Å²) in [5.41, 5.74) is 9.21. The summed E-state index contributed by atoms with van der Waals surface area (Å²) in [6.45, 7) is 2.10. The van der Waals surface area contributed by atoms with E-state index in [4.69, 9.17) is 0 Å². The van der Waals surface area contributed by atoms with Crippen LogP contribution < -0.4 is 4.90 Å². The molecule has 0 fully saturated rings. The standard InChI is InChI=1S/C35H27Br2N/c1-26-12-14-27(15-13-26)16-20-29-24-35(37)30(25-34(29)36)21-17-28-18-22-33(23-19-28)38(31-8-4-2-5-9-31)32-10-6-3-7-11-32/h2-25H,1H3/b20-16+,21-17+. The van der Waals surface area contributed by atoms with Crippen molar-refractivity contribution >= 4 is 73.2 Å². The highest BCUT2D eigenvalue weighted by Crippen LogP contribution is 2.34. The Morgan fingerprint density at radius 3 is 1.32 bits per heavy atom. The van der Waals surface area contributed by atoms with Gasteiger partial charge in [-0.25, -0.2) is 0 Å². The summed E-state index contributed by atoms with van der Waals surface area (Å²) in [5, 5.41) is 0. The predicted molar refractivity (Wildman–Crippen MR) is 172 cm³/mol. The maximum Gasteiger partial charge on any atom is 0.0462 e. The molecule has 0 unspecified atom stereocenters.